The molecule has 4 nitrogen and oxygen atoms in total. The average Bonchev–Trinajstić information content (AvgIpc) is 2.63. The van der Waals surface area contributed by atoms with Crippen molar-refractivity contribution >= 4 is 13.5 Å². The van der Waals surface area contributed by atoms with Gasteiger partial charge in [-0.2, -0.15) is 14.7 Å². The van der Waals surface area contributed by atoms with Crippen LogP contribution in [0.5, 0.6) is 0 Å². The Labute approximate surface area is 165 Å². The number of hydrogen-bond acceptors (Lipinski definition) is 4. The zero-order chi connectivity index (χ0) is 20.4. The lowest BCUT2D eigenvalue weighted by Crippen LogP contribution is -2.16. The molecule has 1 unspecified atom stereocenters. The van der Waals surface area contributed by atoms with Gasteiger partial charge >= 0.3 is 13.5 Å². The summed E-state index contributed by atoms with van der Waals surface area (Å²) in [7, 11) is -4.36. The molecule has 0 rings (SSSR count). The Morgan fingerprint density at radius 3 is 1.52 bits per heavy atom. The average molecular weight is 396 g/mol. The first-order valence-corrected chi connectivity index (χ1v) is 11.4. The van der Waals surface area contributed by atoms with Crippen molar-refractivity contribution in [3.05, 3.63) is 60.8 Å². The van der Waals surface area contributed by atoms with Crippen molar-refractivity contribution in [2.45, 2.75) is 65.2 Å². The van der Waals surface area contributed by atoms with Gasteiger partial charge < -0.3 is 0 Å². The van der Waals surface area contributed by atoms with Crippen molar-refractivity contribution < 1.29 is 19.5 Å². The molecule has 0 aliphatic rings. The highest BCUT2D eigenvalue weighted by Crippen LogP contribution is 2.49. The molecule has 3 N–H and O–H groups in total. The van der Waals surface area contributed by atoms with Crippen LogP contribution in [0.15, 0.2) is 60.8 Å². The van der Waals surface area contributed by atoms with Crippen LogP contribution in [0.25, 0.3) is 0 Å². The Hall–Kier alpha value is -1.32. The fourth-order valence-electron chi connectivity index (χ4n) is 2.41. The molecule has 5 heteroatoms. The van der Waals surface area contributed by atoms with Gasteiger partial charge in [0.2, 0.25) is 0 Å². The first kappa shape index (κ1) is 25.7. The third-order valence-electron chi connectivity index (χ3n) is 3.98. The van der Waals surface area contributed by atoms with E-state index >= 15 is 0 Å². The molecule has 0 amide bonds. The Bertz CT molecular complexity index is 525. The smallest absolute Gasteiger partial charge is 0.243 e. The molecule has 0 saturated carbocycles. The Morgan fingerprint density at radius 1 is 0.741 bits per heavy atom. The summed E-state index contributed by atoms with van der Waals surface area (Å²) >= 11 is 0. The molecule has 0 heterocycles. The van der Waals surface area contributed by atoms with Crippen molar-refractivity contribution in [3.63, 3.8) is 0 Å². The van der Waals surface area contributed by atoms with E-state index in [4.69, 9.17) is 14.7 Å². The first-order valence-electron chi connectivity index (χ1n) is 9.80. The SMILES string of the molecule is CCC=CCC=CCC=CCC=CCC=CCCC(CC)C(=O)[P+](O)(O)O. The van der Waals surface area contributed by atoms with Crippen LogP contribution in [0.2, 0.25) is 0 Å². The second-order valence-electron chi connectivity index (χ2n) is 6.30. The summed E-state index contributed by atoms with van der Waals surface area (Å²) in [6.45, 7) is 3.94. The second-order valence-corrected chi connectivity index (χ2v) is 7.87. The summed E-state index contributed by atoms with van der Waals surface area (Å²) in [6, 6.07) is 0. The predicted octanol–water partition coefficient (Wildman–Crippen LogP) is 5.81. The van der Waals surface area contributed by atoms with Crippen molar-refractivity contribution in [1.82, 2.24) is 0 Å². The lowest BCUT2D eigenvalue weighted by molar-refractivity contribution is -0.117. The first-order chi connectivity index (χ1) is 12.9. The van der Waals surface area contributed by atoms with Crippen molar-refractivity contribution in [1.29, 1.82) is 0 Å². The highest BCUT2D eigenvalue weighted by Gasteiger charge is 2.46. The number of hydrogen-bond donors (Lipinski definition) is 3. The highest BCUT2D eigenvalue weighted by atomic mass is 31.2. The highest BCUT2D eigenvalue weighted by molar-refractivity contribution is 7.76. The number of allylic oxidation sites excluding steroid dienone is 10. The quantitative estimate of drug-likeness (QED) is 0.241. The van der Waals surface area contributed by atoms with Gasteiger partial charge in [0.15, 0.2) is 0 Å². The maximum atomic E-state index is 11.6. The van der Waals surface area contributed by atoms with Crippen LogP contribution in [-0.4, -0.2) is 20.2 Å². The topological polar surface area (TPSA) is 77.8 Å². The Kier molecular flexibility index (Phi) is 16.0. The summed E-state index contributed by atoms with van der Waals surface area (Å²) in [6.07, 6.45) is 27.7. The van der Waals surface area contributed by atoms with E-state index in [-0.39, 0.29) is 0 Å². The molecular formula is C22H36O4P+. The monoisotopic (exact) mass is 395 g/mol. The van der Waals surface area contributed by atoms with Crippen LogP contribution < -0.4 is 0 Å². The molecule has 27 heavy (non-hydrogen) atoms. The standard InChI is InChI=1S/C22H36O4P/c1-3-5-6-7-8-9-10-11-12-13-14-15-16-17-18-19-20-21(4-2)22(23)27(24,25)26/h5-6,8-9,11-12,14-15,17-18,21,24-26H,3-4,7,10,13,16,19-20H2,1-2H3/q+1. The molecule has 0 fully saturated rings. The summed E-state index contributed by atoms with van der Waals surface area (Å²) in [5.74, 6) is -0.500. The van der Waals surface area contributed by atoms with Crippen LogP contribution in [0.4, 0.5) is 0 Å². The molecule has 0 spiro atoms. The maximum Gasteiger partial charge on any atom is 0.478 e. The van der Waals surface area contributed by atoms with E-state index in [0.29, 0.717) is 19.3 Å². The molecule has 0 aliphatic carbocycles. The van der Waals surface area contributed by atoms with Gasteiger partial charge in [-0.3, -0.25) is 0 Å². The van der Waals surface area contributed by atoms with E-state index in [1.54, 1.807) is 6.92 Å². The zero-order valence-electron chi connectivity index (χ0n) is 16.7. The molecule has 0 aliphatic heterocycles. The van der Waals surface area contributed by atoms with E-state index in [0.717, 1.165) is 32.1 Å². The maximum absolute atomic E-state index is 11.6. The Morgan fingerprint density at radius 2 is 1.15 bits per heavy atom. The lowest BCUT2D eigenvalue weighted by atomic mass is 10.0. The largest absolute Gasteiger partial charge is 0.478 e. The van der Waals surface area contributed by atoms with E-state index in [2.05, 4.69) is 55.5 Å². The summed E-state index contributed by atoms with van der Waals surface area (Å²) in [4.78, 5) is 38.8. The number of rotatable bonds is 15. The number of carbonyl (C=O) groups excluding carboxylic acids is 1. The minimum absolute atomic E-state index is 0.493. The van der Waals surface area contributed by atoms with Crippen LogP contribution >= 0.6 is 7.94 Å². The van der Waals surface area contributed by atoms with Crippen molar-refractivity contribution in [3.8, 4) is 0 Å². The van der Waals surface area contributed by atoms with E-state index < -0.39 is 19.4 Å². The van der Waals surface area contributed by atoms with E-state index in [9.17, 15) is 4.79 Å². The van der Waals surface area contributed by atoms with Crippen LogP contribution in [0.3, 0.4) is 0 Å². The van der Waals surface area contributed by atoms with Gasteiger partial charge in [0.25, 0.3) is 0 Å². The van der Waals surface area contributed by atoms with Gasteiger partial charge in [-0.05, 0) is 51.4 Å². The molecular weight excluding hydrogens is 359 g/mol. The van der Waals surface area contributed by atoms with Gasteiger partial charge in [-0.25, -0.2) is 4.79 Å². The van der Waals surface area contributed by atoms with E-state index in [1.807, 2.05) is 12.2 Å². The molecule has 1 atom stereocenters. The van der Waals surface area contributed by atoms with E-state index in [1.165, 1.54) is 0 Å². The molecule has 0 aromatic rings. The molecule has 0 aromatic heterocycles. The summed E-state index contributed by atoms with van der Waals surface area (Å²) < 4.78 is 0. The normalized spacial score (nSPS) is 14.6. The van der Waals surface area contributed by atoms with Crippen LogP contribution in [0, 0.1) is 5.92 Å². The Balaban J connectivity index is 3.83. The lowest BCUT2D eigenvalue weighted by Gasteiger charge is -2.11. The van der Waals surface area contributed by atoms with Crippen LogP contribution in [-0.2, 0) is 4.79 Å². The minimum atomic E-state index is -4.36. The molecule has 0 radical (unpaired) electrons. The fourth-order valence-corrected chi connectivity index (χ4v) is 3.21. The summed E-state index contributed by atoms with van der Waals surface area (Å²) in [5, 5.41) is 0. The number of carbonyl (C=O) groups is 1. The van der Waals surface area contributed by atoms with Gasteiger partial charge in [0.05, 0.1) is 5.92 Å². The van der Waals surface area contributed by atoms with Gasteiger partial charge in [-0.1, -0.05) is 74.6 Å². The van der Waals surface area contributed by atoms with Crippen molar-refractivity contribution in [2.24, 2.45) is 5.92 Å². The van der Waals surface area contributed by atoms with Gasteiger partial charge in [0.1, 0.15) is 0 Å². The van der Waals surface area contributed by atoms with Gasteiger partial charge in [0, 0.05) is 0 Å². The summed E-state index contributed by atoms with van der Waals surface area (Å²) in [5.41, 5.74) is -0.822. The third kappa shape index (κ3) is 15.4. The zero-order valence-corrected chi connectivity index (χ0v) is 17.6. The molecule has 0 bridgehead atoms. The van der Waals surface area contributed by atoms with Crippen molar-refractivity contribution in [2.75, 3.05) is 0 Å². The molecule has 0 saturated heterocycles. The minimum Gasteiger partial charge on any atom is -0.243 e. The van der Waals surface area contributed by atoms with Gasteiger partial charge in [-0.15, -0.1) is 0 Å². The molecule has 152 valence electrons. The van der Waals surface area contributed by atoms with Crippen LogP contribution in [0.1, 0.15) is 65.2 Å². The predicted molar refractivity (Wildman–Crippen MR) is 116 cm³/mol. The second kappa shape index (κ2) is 16.8. The fraction of sp³-hybridized carbons (Fsp3) is 0.500. The third-order valence-corrected chi connectivity index (χ3v) is 4.93. The molecule has 0 aromatic carbocycles.